The normalized spacial score (nSPS) is 12.4. The Morgan fingerprint density at radius 3 is 2.81 bits per heavy atom. The summed E-state index contributed by atoms with van der Waals surface area (Å²) < 4.78 is 1.65. The lowest BCUT2D eigenvalue weighted by Crippen LogP contribution is -2.23. The molecule has 0 aliphatic heterocycles. The van der Waals surface area contributed by atoms with E-state index in [1.165, 1.54) is 0 Å². The molecule has 1 unspecified atom stereocenters. The Morgan fingerprint density at radius 1 is 1.48 bits per heavy atom. The van der Waals surface area contributed by atoms with E-state index in [-0.39, 0.29) is 18.2 Å². The Balaban J connectivity index is 2.05. The van der Waals surface area contributed by atoms with Crippen LogP contribution in [0.2, 0.25) is 5.02 Å². The smallest absolute Gasteiger partial charge is 0.226 e. The molecule has 21 heavy (non-hydrogen) atoms. The third-order valence-corrected chi connectivity index (χ3v) is 3.45. The number of rotatable bonds is 5. The van der Waals surface area contributed by atoms with Gasteiger partial charge in [0.15, 0.2) is 0 Å². The summed E-state index contributed by atoms with van der Waals surface area (Å²) in [6, 6.07) is 7.00. The summed E-state index contributed by atoms with van der Waals surface area (Å²) in [4.78, 5) is 11.8. The lowest BCUT2D eigenvalue weighted by Gasteiger charge is -2.14. The third kappa shape index (κ3) is 4.06. The van der Waals surface area contributed by atoms with Crippen LogP contribution in [0, 0.1) is 5.92 Å². The summed E-state index contributed by atoms with van der Waals surface area (Å²) in [6.07, 6.45) is 2.87. The summed E-state index contributed by atoms with van der Waals surface area (Å²) in [6.45, 7) is 3.74. The van der Waals surface area contributed by atoms with Crippen LogP contribution in [0.1, 0.15) is 20.3 Å². The van der Waals surface area contributed by atoms with Crippen molar-refractivity contribution in [3.05, 3.63) is 41.7 Å². The van der Waals surface area contributed by atoms with Crippen LogP contribution in [0.4, 0.5) is 5.69 Å². The van der Waals surface area contributed by atoms with E-state index in [1.54, 1.807) is 41.3 Å². The van der Waals surface area contributed by atoms with Crippen LogP contribution in [-0.2, 0) is 4.79 Å². The molecule has 0 radical (unpaired) electrons. The van der Waals surface area contributed by atoms with Gasteiger partial charge in [-0.1, -0.05) is 25.4 Å². The quantitative estimate of drug-likeness (QED) is 0.892. The Kier molecular flexibility index (Phi) is 4.98. The zero-order valence-corrected chi connectivity index (χ0v) is 12.7. The van der Waals surface area contributed by atoms with Crippen molar-refractivity contribution in [1.29, 1.82) is 0 Å². The average Bonchev–Trinajstić information content (AvgIpc) is 2.92. The first-order valence-corrected chi connectivity index (χ1v) is 7.12. The molecule has 2 aromatic rings. The van der Waals surface area contributed by atoms with E-state index in [4.69, 9.17) is 11.6 Å². The zero-order chi connectivity index (χ0) is 15.4. The maximum absolute atomic E-state index is 11.8. The topological polar surface area (TPSA) is 67.2 Å². The van der Waals surface area contributed by atoms with Gasteiger partial charge in [-0.2, -0.15) is 5.10 Å². The number of carbonyl (C=O) groups excluding carboxylic acids is 1. The molecule has 0 bridgehead atoms. The van der Waals surface area contributed by atoms with Gasteiger partial charge < -0.3 is 10.4 Å². The van der Waals surface area contributed by atoms with Gasteiger partial charge in [0.05, 0.1) is 23.2 Å². The molecule has 5 nitrogen and oxygen atoms in total. The minimum atomic E-state index is -0.649. The number of nitrogens with one attached hydrogen (secondary N) is 1. The van der Waals surface area contributed by atoms with E-state index in [0.29, 0.717) is 10.7 Å². The Morgan fingerprint density at radius 2 is 2.24 bits per heavy atom. The van der Waals surface area contributed by atoms with Gasteiger partial charge in [-0.05, 0) is 30.2 Å². The van der Waals surface area contributed by atoms with E-state index < -0.39 is 6.10 Å². The second-order valence-electron chi connectivity index (χ2n) is 5.18. The van der Waals surface area contributed by atoms with Crippen molar-refractivity contribution in [2.24, 2.45) is 5.92 Å². The molecule has 2 N–H and O–H groups in total. The van der Waals surface area contributed by atoms with Gasteiger partial charge in [-0.3, -0.25) is 4.79 Å². The number of amides is 1. The Hall–Kier alpha value is -1.85. The van der Waals surface area contributed by atoms with E-state index in [2.05, 4.69) is 10.4 Å². The molecule has 0 spiro atoms. The van der Waals surface area contributed by atoms with Crippen molar-refractivity contribution >= 4 is 23.2 Å². The largest absolute Gasteiger partial charge is 0.392 e. The summed E-state index contributed by atoms with van der Waals surface area (Å²) in [5.74, 6) is -0.194. The molecule has 0 aliphatic rings. The number of aliphatic hydroxyl groups excluding tert-OH is 1. The molecule has 0 fully saturated rings. The van der Waals surface area contributed by atoms with Crippen molar-refractivity contribution in [3.63, 3.8) is 0 Å². The highest BCUT2D eigenvalue weighted by Gasteiger charge is 2.14. The lowest BCUT2D eigenvalue weighted by molar-refractivity contribution is -0.118. The van der Waals surface area contributed by atoms with E-state index >= 15 is 0 Å². The van der Waals surface area contributed by atoms with Crippen LogP contribution >= 0.6 is 11.6 Å². The van der Waals surface area contributed by atoms with Crippen LogP contribution in [0.25, 0.3) is 5.69 Å². The first-order valence-electron chi connectivity index (χ1n) is 6.75. The Labute approximate surface area is 128 Å². The highest BCUT2D eigenvalue weighted by Crippen LogP contribution is 2.24. The number of aliphatic hydroxyl groups is 1. The summed E-state index contributed by atoms with van der Waals surface area (Å²) >= 11 is 6.20. The first-order chi connectivity index (χ1) is 9.97. The number of anilines is 1. The van der Waals surface area contributed by atoms with Gasteiger partial charge in [-0.25, -0.2) is 4.68 Å². The molecule has 1 aromatic carbocycles. The summed E-state index contributed by atoms with van der Waals surface area (Å²) in [7, 11) is 0. The van der Waals surface area contributed by atoms with Gasteiger partial charge >= 0.3 is 0 Å². The number of nitrogens with zero attached hydrogens (tertiary/aromatic N) is 2. The van der Waals surface area contributed by atoms with Crippen molar-refractivity contribution in [2.75, 3.05) is 5.32 Å². The van der Waals surface area contributed by atoms with Crippen LogP contribution in [0.15, 0.2) is 36.7 Å². The zero-order valence-electron chi connectivity index (χ0n) is 12.0. The highest BCUT2D eigenvalue weighted by atomic mass is 35.5. The van der Waals surface area contributed by atoms with Gasteiger partial charge in [0, 0.05) is 18.1 Å². The fraction of sp³-hybridized carbons (Fsp3) is 0.333. The third-order valence-electron chi connectivity index (χ3n) is 3.15. The van der Waals surface area contributed by atoms with Crippen LogP contribution in [0.3, 0.4) is 0 Å². The standard InChI is InChI=1S/C15H18ClN3O2/c1-10(2)14(20)9-15(21)18-11-4-5-13(12(16)8-11)19-7-3-6-17-19/h3-8,10,14,20H,9H2,1-2H3,(H,18,21). The fourth-order valence-corrected chi connectivity index (χ4v) is 2.09. The minimum Gasteiger partial charge on any atom is -0.392 e. The molecular formula is C15H18ClN3O2. The van der Waals surface area contributed by atoms with E-state index in [1.807, 2.05) is 13.8 Å². The molecule has 112 valence electrons. The number of hydrogen-bond donors (Lipinski definition) is 2. The molecule has 0 saturated heterocycles. The van der Waals surface area contributed by atoms with Crippen LogP contribution in [-0.4, -0.2) is 26.9 Å². The maximum atomic E-state index is 11.8. The fourth-order valence-electron chi connectivity index (χ4n) is 1.82. The first kappa shape index (κ1) is 15.5. The van der Waals surface area contributed by atoms with Gasteiger partial charge in [0.25, 0.3) is 0 Å². The van der Waals surface area contributed by atoms with Crippen LogP contribution in [0.5, 0.6) is 0 Å². The molecule has 0 saturated carbocycles. The molecular weight excluding hydrogens is 290 g/mol. The van der Waals surface area contributed by atoms with Gasteiger partial charge in [0.2, 0.25) is 5.91 Å². The number of halogens is 1. The van der Waals surface area contributed by atoms with Gasteiger partial charge in [0.1, 0.15) is 0 Å². The predicted octanol–water partition coefficient (Wildman–Crippen LogP) is 2.87. The number of carbonyl (C=O) groups is 1. The van der Waals surface area contributed by atoms with Crippen molar-refractivity contribution in [2.45, 2.75) is 26.4 Å². The van der Waals surface area contributed by atoms with E-state index in [0.717, 1.165) is 5.69 Å². The number of benzene rings is 1. The molecule has 1 atom stereocenters. The predicted molar refractivity (Wildman–Crippen MR) is 82.7 cm³/mol. The van der Waals surface area contributed by atoms with Crippen molar-refractivity contribution in [3.8, 4) is 5.69 Å². The molecule has 2 rings (SSSR count). The second-order valence-corrected chi connectivity index (χ2v) is 5.59. The molecule has 1 aromatic heterocycles. The van der Waals surface area contributed by atoms with Gasteiger partial charge in [-0.15, -0.1) is 0 Å². The summed E-state index contributed by atoms with van der Waals surface area (Å²) in [5, 5.41) is 17.0. The maximum Gasteiger partial charge on any atom is 0.226 e. The molecule has 1 heterocycles. The number of aromatic nitrogens is 2. The van der Waals surface area contributed by atoms with Crippen LogP contribution < -0.4 is 5.32 Å². The monoisotopic (exact) mass is 307 g/mol. The SMILES string of the molecule is CC(C)C(O)CC(=O)Nc1ccc(-n2cccn2)c(Cl)c1. The van der Waals surface area contributed by atoms with Crippen molar-refractivity contribution < 1.29 is 9.90 Å². The second kappa shape index (κ2) is 6.74. The van der Waals surface area contributed by atoms with E-state index in [9.17, 15) is 9.90 Å². The molecule has 0 aliphatic carbocycles. The number of hydrogen-bond acceptors (Lipinski definition) is 3. The molecule has 6 heteroatoms. The average molecular weight is 308 g/mol. The van der Waals surface area contributed by atoms with Crippen molar-refractivity contribution in [1.82, 2.24) is 9.78 Å². The lowest BCUT2D eigenvalue weighted by atomic mass is 10.0. The minimum absolute atomic E-state index is 0.0431. The summed E-state index contributed by atoms with van der Waals surface area (Å²) in [5.41, 5.74) is 1.33. The molecule has 1 amide bonds. The Bertz CT molecular complexity index is 611. The highest BCUT2D eigenvalue weighted by molar-refractivity contribution is 6.32.